The Kier molecular flexibility index (Phi) is 3.78. The van der Waals surface area contributed by atoms with Gasteiger partial charge in [-0.05, 0) is 19.8 Å². The summed E-state index contributed by atoms with van der Waals surface area (Å²) < 4.78 is 10.9. The molecule has 0 spiro atoms. The molecule has 0 aromatic heterocycles. The molecule has 92 valence electrons. The molecule has 2 N–H and O–H groups in total. The molecule has 2 aliphatic heterocycles. The predicted molar refractivity (Wildman–Crippen MR) is 58.9 cm³/mol. The Labute approximate surface area is 95.9 Å². The Balaban J connectivity index is 1.91. The second-order valence-electron chi connectivity index (χ2n) is 4.52. The number of carbonyl (C=O) groups is 1. The lowest BCUT2D eigenvalue weighted by molar-refractivity contribution is -0.150. The van der Waals surface area contributed by atoms with Gasteiger partial charge in [0.15, 0.2) is 0 Å². The quantitative estimate of drug-likeness (QED) is 0.707. The molecule has 2 rings (SSSR count). The van der Waals surface area contributed by atoms with Gasteiger partial charge in [0.25, 0.3) is 5.91 Å². The molecule has 2 aliphatic rings. The standard InChI is InChI=1S/C11H20N2O3/c1-8-7-15-5-4-13(8)11(14)10-3-2-9(6-12)16-10/h8-10H,2-7,12H2,1H3/t8?,9-,10+/m1/s1. The molecule has 0 aromatic rings. The van der Waals surface area contributed by atoms with Crippen molar-refractivity contribution in [2.24, 2.45) is 5.73 Å². The van der Waals surface area contributed by atoms with Gasteiger partial charge in [-0.3, -0.25) is 4.79 Å². The zero-order valence-electron chi connectivity index (χ0n) is 9.72. The fraction of sp³-hybridized carbons (Fsp3) is 0.909. The first-order valence-corrected chi connectivity index (χ1v) is 5.96. The topological polar surface area (TPSA) is 64.8 Å². The maximum absolute atomic E-state index is 12.2. The predicted octanol–water partition coefficient (Wildman–Crippen LogP) is -0.260. The van der Waals surface area contributed by atoms with E-state index in [0.29, 0.717) is 26.3 Å². The molecular formula is C11H20N2O3. The Morgan fingerprint density at radius 1 is 1.50 bits per heavy atom. The Morgan fingerprint density at radius 2 is 2.31 bits per heavy atom. The number of amides is 1. The fourth-order valence-corrected chi connectivity index (χ4v) is 2.30. The molecule has 2 saturated heterocycles. The molecule has 16 heavy (non-hydrogen) atoms. The van der Waals surface area contributed by atoms with Gasteiger partial charge in [-0.2, -0.15) is 0 Å². The third kappa shape index (κ3) is 2.36. The van der Waals surface area contributed by atoms with Crippen LogP contribution in [0.1, 0.15) is 19.8 Å². The van der Waals surface area contributed by atoms with Gasteiger partial charge < -0.3 is 20.1 Å². The number of rotatable bonds is 2. The Morgan fingerprint density at radius 3 is 2.94 bits per heavy atom. The molecule has 0 bridgehead atoms. The van der Waals surface area contributed by atoms with Crippen LogP contribution < -0.4 is 5.73 Å². The van der Waals surface area contributed by atoms with Gasteiger partial charge in [0.2, 0.25) is 0 Å². The second kappa shape index (κ2) is 5.12. The lowest BCUT2D eigenvalue weighted by Gasteiger charge is -2.34. The summed E-state index contributed by atoms with van der Waals surface area (Å²) in [5, 5.41) is 0. The highest BCUT2D eigenvalue weighted by Crippen LogP contribution is 2.22. The van der Waals surface area contributed by atoms with Crippen molar-refractivity contribution in [3.63, 3.8) is 0 Å². The van der Waals surface area contributed by atoms with Crippen LogP contribution in [0.5, 0.6) is 0 Å². The molecule has 2 fully saturated rings. The first-order valence-electron chi connectivity index (χ1n) is 5.96. The number of hydrogen-bond donors (Lipinski definition) is 1. The highest BCUT2D eigenvalue weighted by molar-refractivity contribution is 5.81. The van der Waals surface area contributed by atoms with Crippen molar-refractivity contribution in [1.29, 1.82) is 0 Å². The summed E-state index contributed by atoms with van der Waals surface area (Å²) >= 11 is 0. The SMILES string of the molecule is CC1COCCN1C(=O)[C@@H]1CC[C@H](CN)O1. The smallest absolute Gasteiger partial charge is 0.252 e. The van der Waals surface area contributed by atoms with Crippen LogP contribution >= 0.6 is 0 Å². The van der Waals surface area contributed by atoms with Crippen molar-refractivity contribution in [1.82, 2.24) is 4.90 Å². The van der Waals surface area contributed by atoms with Gasteiger partial charge in [-0.15, -0.1) is 0 Å². The van der Waals surface area contributed by atoms with Crippen molar-refractivity contribution in [2.45, 2.75) is 38.0 Å². The lowest BCUT2D eigenvalue weighted by atomic mass is 10.1. The summed E-state index contributed by atoms with van der Waals surface area (Å²) in [5.41, 5.74) is 5.53. The minimum absolute atomic E-state index is 0.0605. The highest BCUT2D eigenvalue weighted by atomic mass is 16.5. The summed E-state index contributed by atoms with van der Waals surface area (Å²) in [4.78, 5) is 14.0. The van der Waals surface area contributed by atoms with Gasteiger partial charge >= 0.3 is 0 Å². The molecule has 0 aromatic carbocycles. The van der Waals surface area contributed by atoms with Crippen LogP contribution in [-0.2, 0) is 14.3 Å². The Bertz CT molecular complexity index is 260. The largest absolute Gasteiger partial charge is 0.377 e. The van der Waals surface area contributed by atoms with Crippen LogP contribution in [-0.4, -0.2) is 55.4 Å². The van der Waals surface area contributed by atoms with Gasteiger partial charge in [0.05, 0.1) is 25.4 Å². The van der Waals surface area contributed by atoms with Crippen molar-refractivity contribution < 1.29 is 14.3 Å². The zero-order valence-corrected chi connectivity index (χ0v) is 9.72. The van der Waals surface area contributed by atoms with E-state index in [9.17, 15) is 4.79 Å². The normalized spacial score (nSPS) is 35.4. The van der Waals surface area contributed by atoms with E-state index in [1.54, 1.807) is 0 Å². The summed E-state index contributed by atoms with van der Waals surface area (Å²) in [6, 6.07) is 0.154. The number of carbonyl (C=O) groups excluding carboxylic acids is 1. The Hall–Kier alpha value is -0.650. The highest BCUT2D eigenvalue weighted by Gasteiger charge is 2.35. The van der Waals surface area contributed by atoms with E-state index >= 15 is 0 Å². The number of nitrogens with two attached hydrogens (primary N) is 1. The van der Waals surface area contributed by atoms with Gasteiger partial charge in [0.1, 0.15) is 6.10 Å². The van der Waals surface area contributed by atoms with E-state index in [-0.39, 0.29) is 24.2 Å². The van der Waals surface area contributed by atoms with Crippen LogP contribution in [0.3, 0.4) is 0 Å². The monoisotopic (exact) mass is 228 g/mol. The van der Waals surface area contributed by atoms with Crippen LogP contribution in [0.2, 0.25) is 0 Å². The molecule has 2 heterocycles. The van der Waals surface area contributed by atoms with Crippen molar-refractivity contribution in [3.05, 3.63) is 0 Å². The van der Waals surface area contributed by atoms with E-state index in [1.807, 2.05) is 11.8 Å². The van der Waals surface area contributed by atoms with E-state index in [0.717, 1.165) is 12.8 Å². The van der Waals surface area contributed by atoms with Crippen molar-refractivity contribution >= 4 is 5.91 Å². The number of ether oxygens (including phenoxy) is 2. The number of hydrogen-bond acceptors (Lipinski definition) is 4. The third-order valence-electron chi connectivity index (χ3n) is 3.30. The molecule has 3 atom stereocenters. The lowest BCUT2D eigenvalue weighted by Crippen LogP contribution is -2.50. The summed E-state index contributed by atoms with van der Waals surface area (Å²) in [5.74, 6) is 0.103. The molecule has 5 nitrogen and oxygen atoms in total. The fourth-order valence-electron chi connectivity index (χ4n) is 2.30. The van der Waals surface area contributed by atoms with Gasteiger partial charge in [-0.25, -0.2) is 0 Å². The third-order valence-corrected chi connectivity index (χ3v) is 3.30. The van der Waals surface area contributed by atoms with Crippen LogP contribution in [0.4, 0.5) is 0 Å². The molecule has 0 radical (unpaired) electrons. The molecule has 1 amide bonds. The van der Waals surface area contributed by atoms with E-state index < -0.39 is 0 Å². The summed E-state index contributed by atoms with van der Waals surface area (Å²) in [6.45, 7) is 4.43. The molecule has 0 aliphatic carbocycles. The number of nitrogens with zero attached hydrogens (tertiary/aromatic N) is 1. The molecular weight excluding hydrogens is 208 g/mol. The molecule has 5 heteroatoms. The van der Waals surface area contributed by atoms with Crippen molar-refractivity contribution in [2.75, 3.05) is 26.3 Å². The maximum atomic E-state index is 12.2. The molecule has 0 saturated carbocycles. The average molecular weight is 228 g/mol. The zero-order chi connectivity index (χ0) is 11.5. The molecule has 1 unspecified atom stereocenters. The van der Waals surface area contributed by atoms with E-state index in [2.05, 4.69) is 0 Å². The second-order valence-corrected chi connectivity index (χ2v) is 4.52. The van der Waals surface area contributed by atoms with Crippen LogP contribution in [0, 0.1) is 0 Å². The number of morpholine rings is 1. The van der Waals surface area contributed by atoms with Crippen molar-refractivity contribution in [3.8, 4) is 0 Å². The van der Waals surface area contributed by atoms with Gasteiger partial charge in [0, 0.05) is 13.1 Å². The van der Waals surface area contributed by atoms with Gasteiger partial charge in [-0.1, -0.05) is 0 Å². The minimum atomic E-state index is -0.283. The van der Waals surface area contributed by atoms with E-state index in [4.69, 9.17) is 15.2 Å². The van der Waals surface area contributed by atoms with Crippen LogP contribution in [0.25, 0.3) is 0 Å². The summed E-state index contributed by atoms with van der Waals surface area (Å²) in [7, 11) is 0. The summed E-state index contributed by atoms with van der Waals surface area (Å²) in [6.07, 6.45) is 1.47. The maximum Gasteiger partial charge on any atom is 0.252 e. The average Bonchev–Trinajstić information content (AvgIpc) is 2.77. The first-order chi connectivity index (χ1) is 7.72. The minimum Gasteiger partial charge on any atom is -0.377 e. The van der Waals surface area contributed by atoms with E-state index in [1.165, 1.54) is 0 Å². The van der Waals surface area contributed by atoms with Crippen LogP contribution in [0.15, 0.2) is 0 Å². The first kappa shape index (κ1) is 11.8.